The van der Waals surface area contributed by atoms with Crippen molar-refractivity contribution in [1.82, 2.24) is 9.97 Å². The summed E-state index contributed by atoms with van der Waals surface area (Å²) in [6.45, 7) is 2.54. The maximum atomic E-state index is 14.2. The number of nitrogens with one attached hydrogen (secondary N) is 2. The second-order valence-electron chi connectivity index (χ2n) is 4.24. The third-order valence-electron chi connectivity index (χ3n) is 2.67. The number of hydrogen-bond donors (Lipinski definition) is 2. The van der Waals surface area contributed by atoms with Gasteiger partial charge in [-0.05, 0) is 40.5 Å². The molecule has 21 heavy (non-hydrogen) atoms. The fourth-order valence-corrected chi connectivity index (χ4v) is 1.99. The van der Waals surface area contributed by atoms with Gasteiger partial charge in [0, 0.05) is 18.9 Å². The molecule has 0 atom stereocenters. The predicted molar refractivity (Wildman–Crippen MR) is 82.9 cm³/mol. The molecule has 2 heterocycles. The molecule has 0 fully saturated rings. The third-order valence-corrected chi connectivity index (χ3v) is 3.31. The van der Waals surface area contributed by atoms with Crippen molar-refractivity contribution in [2.75, 3.05) is 17.2 Å². The summed E-state index contributed by atoms with van der Waals surface area (Å²) < 4.78 is 14.9. The summed E-state index contributed by atoms with van der Waals surface area (Å²) in [5.74, 6) is -0.837. The Labute approximate surface area is 130 Å². The molecule has 2 rings (SSSR count). The number of amides is 1. The minimum Gasteiger partial charge on any atom is -0.368 e. The van der Waals surface area contributed by atoms with E-state index in [-0.39, 0.29) is 11.4 Å². The van der Waals surface area contributed by atoms with Crippen LogP contribution in [0.5, 0.6) is 0 Å². The molecular weight excluding hydrogens is 339 g/mol. The van der Waals surface area contributed by atoms with E-state index in [0.717, 1.165) is 6.42 Å². The Morgan fingerprint density at radius 2 is 2.05 bits per heavy atom. The molecule has 2 aromatic rings. The molecule has 0 radical (unpaired) electrons. The summed E-state index contributed by atoms with van der Waals surface area (Å²) in [5.41, 5.74) is -0.0823. The molecule has 0 spiro atoms. The Morgan fingerprint density at radius 1 is 1.29 bits per heavy atom. The topological polar surface area (TPSA) is 66.9 Å². The van der Waals surface area contributed by atoms with Gasteiger partial charge in [-0.2, -0.15) is 0 Å². The molecule has 0 aliphatic carbocycles. The van der Waals surface area contributed by atoms with Crippen LogP contribution < -0.4 is 10.6 Å². The molecular formula is C14H14BrFN4O. The summed E-state index contributed by atoms with van der Waals surface area (Å²) in [4.78, 5) is 20.1. The minimum absolute atomic E-state index is 0.0737. The molecule has 0 aliphatic rings. The number of pyridine rings is 2. The number of aromatic nitrogens is 2. The van der Waals surface area contributed by atoms with Gasteiger partial charge in [-0.15, -0.1) is 0 Å². The zero-order valence-electron chi connectivity index (χ0n) is 11.4. The van der Waals surface area contributed by atoms with Crippen molar-refractivity contribution in [3.8, 4) is 0 Å². The second kappa shape index (κ2) is 7.12. The molecule has 2 aromatic heterocycles. The standard InChI is InChI=1S/C14H14BrFN4O/c1-2-6-17-13-11(16)9(5-8-19-13)14(21)20-12-10(15)4-3-7-18-12/h3-5,7-8H,2,6H2,1H3,(H,17,19)(H,18,20,21). The van der Waals surface area contributed by atoms with Crippen LogP contribution in [0, 0.1) is 5.82 Å². The lowest BCUT2D eigenvalue weighted by Gasteiger charge is -2.10. The molecule has 7 heteroatoms. The average molecular weight is 353 g/mol. The van der Waals surface area contributed by atoms with Gasteiger partial charge in [-0.1, -0.05) is 6.92 Å². The SMILES string of the molecule is CCCNc1nccc(C(=O)Nc2ncccc2Br)c1F. The van der Waals surface area contributed by atoms with Crippen LogP contribution in [0.2, 0.25) is 0 Å². The van der Waals surface area contributed by atoms with E-state index in [4.69, 9.17) is 0 Å². The molecule has 0 bridgehead atoms. The Hall–Kier alpha value is -2.02. The van der Waals surface area contributed by atoms with E-state index in [1.54, 1.807) is 12.1 Å². The van der Waals surface area contributed by atoms with E-state index >= 15 is 0 Å². The van der Waals surface area contributed by atoms with E-state index in [1.165, 1.54) is 18.5 Å². The summed E-state index contributed by atoms with van der Waals surface area (Å²) in [7, 11) is 0. The lowest BCUT2D eigenvalue weighted by molar-refractivity contribution is 0.102. The molecule has 0 saturated carbocycles. The monoisotopic (exact) mass is 352 g/mol. The molecule has 0 aromatic carbocycles. The molecule has 110 valence electrons. The van der Waals surface area contributed by atoms with Crippen LogP contribution in [-0.2, 0) is 0 Å². The van der Waals surface area contributed by atoms with E-state index in [2.05, 4.69) is 36.5 Å². The van der Waals surface area contributed by atoms with Crippen molar-refractivity contribution in [2.24, 2.45) is 0 Å². The van der Waals surface area contributed by atoms with Crippen molar-refractivity contribution in [1.29, 1.82) is 0 Å². The van der Waals surface area contributed by atoms with Crippen LogP contribution >= 0.6 is 15.9 Å². The zero-order chi connectivity index (χ0) is 15.2. The number of carbonyl (C=O) groups is 1. The third kappa shape index (κ3) is 3.75. The normalized spacial score (nSPS) is 10.2. The van der Waals surface area contributed by atoms with E-state index < -0.39 is 11.7 Å². The molecule has 0 unspecified atom stereocenters. The van der Waals surface area contributed by atoms with Gasteiger partial charge in [0.1, 0.15) is 5.82 Å². The van der Waals surface area contributed by atoms with Crippen molar-refractivity contribution in [2.45, 2.75) is 13.3 Å². The first kappa shape index (κ1) is 15.4. The zero-order valence-corrected chi connectivity index (χ0v) is 12.9. The highest BCUT2D eigenvalue weighted by atomic mass is 79.9. The van der Waals surface area contributed by atoms with Gasteiger partial charge in [0.2, 0.25) is 0 Å². The van der Waals surface area contributed by atoms with Gasteiger partial charge in [0.15, 0.2) is 11.6 Å². The Bertz CT molecular complexity index is 651. The summed E-state index contributed by atoms with van der Waals surface area (Å²) in [6, 6.07) is 4.79. The Morgan fingerprint density at radius 3 is 2.76 bits per heavy atom. The van der Waals surface area contributed by atoms with Crippen molar-refractivity contribution < 1.29 is 9.18 Å². The van der Waals surface area contributed by atoms with Gasteiger partial charge in [-0.25, -0.2) is 14.4 Å². The number of halogens is 2. The average Bonchev–Trinajstić information content (AvgIpc) is 2.48. The minimum atomic E-state index is -0.671. The van der Waals surface area contributed by atoms with Gasteiger partial charge < -0.3 is 10.6 Å². The first-order chi connectivity index (χ1) is 10.1. The molecule has 0 saturated heterocycles. The molecule has 2 N–H and O–H groups in total. The Kier molecular flexibility index (Phi) is 5.21. The number of hydrogen-bond acceptors (Lipinski definition) is 4. The lowest BCUT2D eigenvalue weighted by atomic mass is 10.2. The van der Waals surface area contributed by atoms with Crippen LogP contribution in [0.4, 0.5) is 16.0 Å². The van der Waals surface area contributed by atoms with Crippen molar-refractivity contribution in [3.63, 3.8) is 0 Å². The van der Waals surface area contributed by atoms with Crippen molar-refractivity contribution >= 4 is 33.5 Å². The van der Waals surface area contributed by atoms with Gasteiger partial charge in [-0.3, -0.25) is 4.79 Å². The van der Waals surface area contributed by atoms with Crippen LogP contribution in [0.3, 0.4) is 0 Å². The summed E-state index contributed by atoms with van der Waals surface area (Å²) in [5, 5.41) is 5.40. The van der Waals surface area contributed by atoms with Crippen LogP contribution in [-0.4, -0.2) is 22.4 Å². The van der Waals surface area contributed by atoms with Gasteiger partial charge >= 0.3 is 0 Å². The summed E-state index contributed by atoms with van der Waals surface area (Å²) >= 11 is 3.27. The van der Waals surface area contributed by atoms with E-state index in [1.807, 2.05) is 6.92 Å². The number of nitrogens with zero attached hydrogens (tertiary/aromatic N) is 2. The second-order valence-corrected chi connectivity index (χ2v) is 5.09. The van der Waals surface area contributed by atoms with Gasteiger partial charge in [0.05, 0.1) is 10.0 Å². The van der Waals surface area contributed by atoms with Crippen LogP contribution in [0.1, 0.15) is 23.7 Å². The van der Waals surface area contributed by atoms with E-state index in [9.17, 15) is 9.18 Å². The largest absolute Gasteiger partial charge is 0.368 e. The highest BCUT2D eigenvalue weighted by Crippen LogP contribution is 2.21. The molecule has 1 amide bonds. The van der Waals surface area contributed by atoms with Gasteiger partial charge in [0.25, 0.3) is 5.91 Å². The smallest absolute Gasteiger partial charge is 0.260 e. The number of carbonyl (C=O) groups excluding carboxylic acids is 1. The highest BCUT2D eigenvalue weighted by Gasteiger charge is 2.17. The first-order valence-electron chi connectivity index (χ1n) is 6.43. The van der Waals surface area contributed by atoms with Crippen LogP contribution in [0.15, 0.2) is 35.1 Å². The number of rotatable bonds is 5. The fourth-order valence-electron chi connectivity index (χ4n) is 1.64. The predicted octanol–water partition coefficient (Wildman–Crippen LogP) is 3.45. The first-order valence-corrected chi connectivity index (χ1v) is 7.23. The van der Waals surface area contributed by atoms with Crippen molar-refractivity contribution in [3.05, 3.63) is 46.4 Å². The van der Waals surface area contributed by atoms with E-state index in [0.29, 0.717) is 16.8 Å². The molecule has 5 nitrogen and oxygen atoms in total. The Balaban J connectivity index is 2.21. The lowest BCUT2D eigenvalue weighted by Crippen LogP contribution is -2.17. The maximum absolute atomic E-state index is 14.2. The molecule has 0 aliphatic heterocycles. The summed E-state index contributed by atoms with van der Waals surface area (Å²) in [6.07, 6.45) is 3.76. The highest BCUT2D eigenvalue weighted by molar-refractivity contribution is 9.10. The van der Waals surface area contributed by atoms with Crippen LogP contribution in [0.25, 0.3) is 0 Å². The quantitative estimate of drug-likeness (QED) is 0.864. The maximum Gasteiger partial charge on any atom is 0.260 e. The number of anilines is 2. The fraction of sp³-hybridized carbons (Fsp3) is 0.214.